The highest BCUT2D eigenvalue weighted by Gasteiger charge is 2.17. The molecule has 0 saturated heterocycles. The van der Waals surface area contributed by atoms with Crippen molar-refractivity contribution < 1.29 is 19.1 Å². The van der Waals surface area contributed by atoms with Crippen LogP contribution in [0.25, 0.3) is 0 Å². The number of amides is 1. The van der Waals surface area contributed by atoms with Crippen molar-refractivity contribution in [1.82, 2.24) is 5.32 Å². The first-order chi connectivity index (χ1) is 9.58. The molecule has 20 heavy (non-hydrogen) atoms. The highest BCUT2D eigenvalue weighted by Crippen LogP contribution is 2.13. The van der Waals surface area contributed by atoms with Crippen LogP contribution in [0.15, 0.2) is 24.3 Å². The van der Waals surface area contributed by atoms with Gasteiger partial charge in [-0.05, 0) is 24.1 Å². The molecule has 0 aliphatic carbocycles. The number of benzene rings is 1. The lowest BCUT2D eigenvalue weighted by atomic mass is 10.0. The molecule has 110 valence electrons. The van der Waals surface area contributed by atoms with Crippen molar-refractivity contribution in [3.8, 4) is 5.75 Å². The molecule has 0 fully saturated rings. The van der Waals surface area contributed by atoms with Crippen molar-refractivity contribution in [2.45, 2.75) is 18.9 Å². The molecular formula is C14H18ClNO4. The lowest BCUT2D eigenvalue weighted by Crippen LogP contribution is -2.39. The zero-order chi connectivity index (χ0) is 15.0. The average molecular weight is 300 g/mol. The van der Waals surface area contributed by atoms with Gasteiger partial charge >= 0.3 is 5.97 Å². The monoisotopic (exact) mass is 299 g/mol. The van der Waals surface area contributed by atoms with E-state index in [9.17, 15) is 9.59 Å². The molecule has 5 nitrogen and oxygen atoms in total. The SMILES string of the molecule is COC(=O)C[C@H](Cc1ccc(OC)cc1)NC(=O)CCl. The number of rotatable bonds is 7. The van der Waals surface area contributed by atoms with E-state index < -0.39 is 0 Å². The molecule has 0 aromatic heterocycles. The second-order valence-electron chi connectivity index (χ2n) is 4.23. The molecule has 6 heteroatoms. The lowest BCUT2D eigenvalue weighted by molar-refractivity contribution is -0.141. The molecule has 0 unspecified atom stereocenters. The summed E-state index contributed by atoms with van der Waals surface area (Å²) in [4.78, 5) is 22.7. The first kappa shape index (κ1) is 16.3. The van der Waals surface area contributed by atoms with Crippen molar-refractivity contribution in [3.05, 3.63) is 29.8 Å². The van der Waals surface area contributed by atoms with E-state index >= 15 is 0 Å². The molecule has 1 aromatic carbocycles. The van der Waals surface area contributed by atoms with Crippen LogP contribution in [-0.4, -0.2) is 38.0 Å². The van der Waals surface area contributed by atoms with E-state index in [0.29, 0.717) is 6.42 Å². The number of carbonyl (C=O) groups is 2. The molecule has 0 bridgehead atoms. The predicted molar refractivity (Wildman–Crippen MR) is 76.0 cm³/mol. The molecule has 0 aliphatic heterocycles. The Labute approximate surface area is 123 Å². The first-order valence-electron chi connectivity index (χ1n) is 6.14. The minimum atomic E-state index is -0.376. The van der Waals surface area contributed by atoms with Gasteiger partial charge in [-0.2, -0.15) is 0 Å². The van der Waals surface area contributed by atoms with Gasteiger partial charge in [-0.3, -0.25) is 9.59 Å². The number of ether oxygens (including phenoxy) is 2. The van der Waals surface area contributed by atoms with E-state index in [1.807, 2.05) is 24.3 Å². The van der Waals surface area contributed by atoms with E-state index in [1.54, 1.807) is 7.11 Å². The zero-order valence-electron chi connectivity index (χ0n) is 11.5. The van der Waals surface area contributed by atoms with Gasteiger partial charge < -0.3 is 14.8 Å². The van der Waals surface area contributed by atoms with E-state index in [1.165, 1.54) is 7.11 Å². The Bertz CT molecular complexity index is 429. The third-order valence-electron chi connectivity index (χ3n) is 2.77. The first-order valence-corrected chi connectivity index (χ1v) is 6.67. The Morgan fingerprint density at radius 2 is 1.90 bits per heavy atom. The highest BCUT2D eigenvalue weighted by atomic mass is 35.5. The average Bonchev–Trinajstić information content (AvgIpc) is 2.47. The molecule has 0 spiro atoms. The molecule has 1 atom stereocenters. The van der Waals surface area contributed by atoms with Gasteiger partial charge in [0.1, 0.15) is 11.6 Å². The third-order valence-corrected chi connectivity index (χ3v) is 3.01. The van der Waals surface area contributed by atoms with Crippen LogP contribution >= 0.6 is 11.6 Å². The number of nitrogens with one attached hydrogen (secondary N) is 1. The van der Waals surface area contributed by atoms with Crippen molar-refractivity contribution >= 4 is 23.5 Å². The van der Waals surface area contributed by atoms with Crippen LogP contribution in [0.4, 0.5) is 0 Å². The number of hydrogen-bond acceptors (Lipinski definition) is 4. The summed E-state index contributed by atoms with van der Waals surface area (Å²) in [7, 11) is 2.91. The molecule has 0 aliphatic rings. The second kappa shape index (κ2) is 8.43. The van der Waals surface area contributed by atoms with Crippen LogP contribution in [0, 0.1) is 0 Å². The Morgan fingerprint density at radius 3 is 2.40 bits per heavy atom. The van der Waals surface area contributed by atoms with Crippen LogP contribution in [0.5, 0.6) is 5.75 Å². The zero-order valence-corrected chi connectivity index (χ0v) is 12.3. The summed E-state index contributed by atoms with van der Waals surface area (Å²) in [5, 5.41) is 2.71. The summed E-state index contributed by atoms with van der Waals surface area (Å²) in [6, 6.07) is 7.08. The summed E-state index contributed by atoms with van der Waals surface area (Å²) in [6.45, 7) is 0. The van der Waals surface area contributed by atoms with Gasteiger partial charge in [0.05, 0.1) is 20.6 Å². The fraction of sp³-hybridized carbons (Fsp3) is 0.429. The fourth-order valence-electron chi connectivity index (χ4n) is 1.77. The number of esters is 1. The van der Waals surface area contributed by atoms with Crippen LogP contribution in [-0.2, 0) is 20.7 Å². The van der Waals surface area contributed by atoms with E-state index in [2.05, 4.69) is 10.1 Å². The number of hydrogen-bond donors (Lipinski definition) is 1. The molecule has 0 heterocycles. The molecule has 1 amide bonds. The van der Waals surface area contributed by atoms with E-state index in [-0.39, 0.29) is 30.2 Å². The smallest absolute Gasteiger partial charge is 0.307 e. The van der Waals surface area contributed by atoms with Crippen molar-refractivity contribution in [1.29, 1.82) is 0 Å². The molecule has 1 rings (SSSR count). The Kier molecular flexibility index (Phi) is 6.87. The number of carbonyl (C=O) groups excluding carboxylic acids is 2. The van der Waals surface area contributed by atoms with Crippen LogP contribution in [0.2, 0.25) is 0 Å². The molecular weight excluding hydrogens is 282 g/mol. The summed E-state index contributed by atoms with van der Waals surface area (Å²) in [5.41, 5.74) is 0.981. The topological polar surface area (TPSA) is 64.6 Å². The van der Waals surface area contributed by atoms with Crippen LogP contribution in [0.3, 0.4) is 0 Å². The maximum Gasteiger partial charge on any atom is 0.307 e. The maximum atomic E-state index is 11.4. The summed E-state index contributed by atoms with van der Waals surface area (Å²) < 4.78 is 9.70. The second-order valence-corrected chi connectivity index (χ2v) is 4.50. The van der Waals surface area contributed by atoms with Gasteiger partial charge in [0.2, 0.25) is 5.91 Å². The minimum absolute atomic E-state index is 0.102. The number of halogens is 1. The summed E-state index contributed by atoms with van der Waals surface area (Å²) >= 11 is 5.46. The van der Waals surface area contributed by atoms with Gasteiger partial charge in [-0.1, -0.05) is 12.1 Å². The lowest BCUT2D eigenvalue weighted by Gasteiger charge is -2.17. The van der Waals surface area contributed by atoms with Crippen molar-refractivity contribution in [2.24, 2.45) is 0 Å². The quantitative estimate of drug-likeness (QED) is 0.612. The molecule has 0 radical (unpaired) electrons. The van der Waals surface area contributed by atoms with E-state index in [0.717, 1.165) is 11.3 Å². The fourth-order valence-corrected chi connectivity index (χ4v) is 1.85. The number of alkyl halides is 1. The maximum absolute atomic E-state index is 11.4. The normalized spacial score (nSPS) is 11.6. The number of methoxy groups -OCH3 is 2. The Morgan fingerprint density at radius 1 is 1.25 bits per heavy atom. The Hall–Kier alpha value is -1.75. The summed E-state index contributed by atoms with van der Waals surface area (Å²) in [6.07, 6.45) is 0.618. The van der Waals surface area contributed by atoms with Crippen LogP contribution in [0.1, 0.15) is 12.0 Å². The van der Waals surface area contributed by atoms with Gasteiger partial charge in [-0.15, -0.1) is 11.6 Å². The third kappa shape index (κ3) is 5.48. The van der Waals surface area contributed by atoms with Crippen molar-refractivity contribution in [2.75, 3.05) is 20.1 Å². The van der Waals surface area contributed by atoms with Gasteiger partial charge in [0.15, 0.2) is 0 Å². The standard InChI is InChI=1S/C14H18ClNO4/c1-19-12-5-3-10(4-6-12)7-11(8-14(18)20-2)16-13(17)9-15/h3-6,11H,7-9H2,1-2H3,(H,16,17)/t11-/m0/s1. The molecule has 1 N–H and O–H groups in total. The highest BCUT2D eigenvalue weighted by molar-refractivity contribution is 6.27. The van der Waals surface area contributed by atoms with Crippen molar-refractivity contribution in [3.63, 3.8) is 0 Å². The Balaban J connectivity index is 2.70. The largest absolute Gasteiger partial charge is 0.497 e. The molecule has 1 aromatic rings. The predicted octanol–water partition coefficient (Wildman–Crippen LogP) is 1.52. The van der Waals surface area contributed by atoms with Gasteiger partial charge in [0, 0.05) is 6.04 Å². The molecule has 0 saturated carbocycles. The van der Waals surface area contributed by atoms with Gasteiger partial charge in [0.25, 0.3) is 0 Å². The minimum Gasteiger partial charge on any atom is -0.497 e. The van der Waals surface area contributed by atoms with Crippen LogP contribution < -0.4 is 10.1 Å². The van der Waals surface area contributed by atoms with Gasteiger partial charge in [-0.25, -0.2) is 0 Å². The summed E-state index contributed by atoms with van der Waals surface area (Å²) in [5.74, 6) is -0.0733. The van der Waals surface area contributed by atoms with E-state index in [4.69, 9.17) is 16.3 Å².